The fourth-order valence-corrected chi connectivity index (χ4v) is 1.60. The summed E-state index contributed by atoms with van der Waals surface area (Å²) >= 11 is 0. The Morgan fingerprint density at radius 1 is 1.38 bits per heavy atom. The number of anilines is 1. The van der Waals surface area contributed by atoms with Gasteiger partial charge in [0.2, 0.25) is 0 Å². The molecule has 0 aromatic carbocycles. The second kappa shape index (κ2) is 3.57. The standard InChI is InChI=1S/C10H12N6/c11-14-9-5-12-6-10(13-9)16-4-3-8(15-16)7-1-2-7/h3-7H,1-2,11H2,(H,13,14). The third-order valence-electron chi connectivity index (χ3n) is 2.61. The number of aromatic nitrogens is 4. The predicted octanol–water partition coefficient (Wildman–Crippen LogP) is 0.825. The van der Waals surface area contributed by atoms with E-state index in [1.807, 2.05) is 12.3 Å². The number of nitrogens with one attached hydrogen (secondary N) is 1. The molecule has 3 rings (SSSR count). The Bertz CT molecular complexity index is 502. The van der Waals surface area contributed by atoms with Gasteiger partial charge in [0.25, 0.3) is 0 Å². The van der Waals surface area contributed by atoms with E-state index in [2.05, 4.69) is 20.5 Å². The number of nitrogens with zero attached hydrogens (tertiary/aromatic N) is 4. The molecule has 0 saturated heterocycles. The van der Waals surface area contributed by atoms with Gasteiger partial charge < -0.3 is 5.43 Å². The van der Waals surface area contributed by atoms with Crippen LogP contribution < -0.4 is 11.3 Å². The van der Waals surface area contributed by atoms with Crippen LogP contribution in [0, 0.1) is 0 Å². The van der Waals surface area contributed by atoms with Gasteiger partial charge >= 0.3 is 0 Å². The summed E-state index contributed by atoms with van der Waals surface area (Å²) in [6.45, 7) is 0. The van der Waals surface area contributed by atoms with Gasteiger partial charge in [-0.15, -0.1) is 0 Å². The van der Waals surface area contributed by atoms with Crippen LogP contribution in [-0.2, 0) is 0 Å². The average Bonchev–Trinajstić information content (AvgIpc) is 3.07. The van der Waals surface area contributed by atoms with E-state index in [1.165, 1.54) is 12.8 Å². The van der Waals surface area contributed by atoms with Gasteiger partial charge in [-0.1, -0.05) is 0 Å². The molecular formula is C10H12N6. The SMILES string of the molecule is NNc1cncc(-n2ccc(C3CC3)n2)n1. The average molecular weight is 216 g/mol. The molecule has 0 amide bonds. The summed E-state index contributed by atoms with van der Waals surface area (Å²) < 4.78 is 1.72. The van der Waals surface area contributed by atoms with Crippen molar-refractivity contribution in [3.8, 4) is 5.82 Å². The van der Waals surface area contributed by atoms with E-state index in [0.717, 1.165) is 5.69 Å². The number of hydrogen-bond donors (Lipinski definition) is 2. The van der Waals surface area contributed by atoms with E-state index >= 15 is 0 Å². The molecule has 0 spiro atoms. The highest BCUT2D eigenvalue weighted by Crippen LogP contribution is 2.38. The summed E-state index contributed by atoms with van der Waals surface area (Å²) in [5.41, 5.74) is 3.60. The molecule has 16 heavy (non-hydrogen) atoms. The smallest absolute Gasteiger partial charge is 0.174 e. The minimum Gasteiger partial charge on any atom is -0.307 e. The lowest BCUT2D eigenvalue weighted by Gasteiger charge is -2.02. The Hall–Kier alpha value is -1.95. The maximum atomic E-state index is 5.28. The Kier molecular flexibility index (Phi) is 2.07. The first-order valence-electron chi connectivity index (χ1n) is 5.21. The number of rotatable bonds is 3. The van der Waals surface area contributed by atoms with Gasteiger partial charge in [-0.05, 0) is 18.9 Å². The zero-order chi connectivity index (χ0) is 11.0. The molecule has 0 radical (unpaired) electrons. The van der Waals surface area contributed by atoms with E-state index in [0.29, 0.717) is 17.6 Å². The van der Waals surface area contributed by atoms with Crippen molar-refractivity contribution in [1.29, 1.82) is 0 Å². The van der Waals surface area contributed by atoms with Crippen LogP contribution in [-0.4, -0.2) is 19.7 Å². The highest BCUT2D eigenvalue weighted by atomic mass is 15.3. The molecule has 3 N–H and O–H groups in total. The maximum Gasteiger partial charge on any atom is 0.174 e. The largest absolute Gasteiger partial charge is 0.307 e. The summed E-state index contributed by atoms with van der Waals surface area (Å²) in [5, 5.41) is 4.46. The number of nitrogen functional groups attached to an aromatic ring is 1. The van der Waals surface area contributed by atoms with Crippen molar-refractivity contribution in [3.05, 3.63) is 30.4 Å². The fraction of sp³-hybridized carbons (Fsp3) is 0.300. The first-order valence-corrected chi connectivity index (χ1v) is 5.21. The zero-order valence-electron chi connectivity index (χ0n) is 8.67. The molecular weight excluding hydrogens is 204 g/mol. The molecule has 0 bridgehead atoms. The van der Waals surface area contributed by atoms with E-state index in [4.69, 9.17) is 5.84 Å². The highest BCUT2D eigenvalue weighted by Gasteiger charge is 2.25. The van der Waals surface area contributed by atoms with E-state index < -0.39 is 0 Å². The summed E-state index contributed by atoms with van der Waals surface area (Å²) in [4.78, 5) is 8.29. The van der Waals surface area contributed by atoms with Crippen LogP contribution in [0.1, 0.15) is 24.5 Å². The first-order chi connectivity index (χ1) is 7.86. The minimum absolute atomic E-state index is 0.529. The second-order valence-electron chi connectivity index (χ2n) is 3.87. The molecule has 1 aliphatic carbocycles. The van der Waals surface area contributed by atoms with Gasteiger partial charge in [0, 0.05) is 12.1 Å². The van der Waals surface area contributed by atoms with E-state index in [-0.39, 0.29) is 0 Å². The molecule has 0 aliphatic heterocycles. The van der Waals surface area contributed by atoms with Gasteiger partial charge in [-0.25, -0.2) is 15.5 Å². The Labute approximate surface area is 92.5 Å². The van der Waals surface area contributed by atoms with Crippen LogP contribution in [0.2, 0.25) is 0 Å². The number of hydrogen-bond acceptors (Lipinski definition) is 5. The normalized spacial score (nSPS) is 15.1. The molecule has 6 nitrogen and oxygen atoms in total. The molecule has 6 heteroatoms. The topological polar surface area (TPSA) is 81.6 Å². The van der Waals surface area contributed by atoms with Crippen LogP contribution in [0.5, 0.6) is 0 Å². The van der Waals surface area contributed by atoms with Crippen molar-refractivity contribution in [3.63, 3.8) is 0 Å². The van der Waals surface area contributed by atoms with Crippen molar-refractivity contribution in [1.82, 2.24) is 19.7 Å². The van der Waals surface area contributed by atoms with Gasteiger partial charge in [0.15, 0.2) is 11.6 Å². The molecule has 2 aromatic rings. The highest BCUT2D eigenvalue weighted by molar-refractivity contribution is 5.34. The monoisotopic (exact) mass is 216 g/mol. The Morgan fingerprint density at radius 3 is 3.00 bits per heavy atom. The number of hydrazine groups is 1. The Morgan fingerprint density at radius 2 is 2.25 bits per heavy atom. The zero-order valence-corrected chi connectivity index (χ0v) is 8.67. The van der Waals surface area contributed by atoms with Crippen molar-refractivity contribution in [2.24, 2.45) is 5.84 Å². The lowest BCUT2D eigenvalue weighted by atomic mass is 10.3. The fourth-order valence-electron chi connectivity index (χ4n) is 1.60. The van der Waals surface area contributed by atoms with Gasteiger partial charge in [-0.2, -0.15) is 5.10 Å². The lowest BCUT2D eigenvalue weighted by Crippen LogP contribution is -2.10. The van der Waals surface area contributed by atoms with Gasteiger partial charge in [0.05, 0.1) is 18.1 Å². The van der Waals surface area contributed by atoms with Crippen molar-refractivity contribution in [2.45, 2.75) is 18.8 Å². The summed E-state index contributed by atoms with van der Waals surface area (Å²) in [7, 11) is 0. The molecule has 82 valence electrons. The van der Waals surface area contributed by atoms with Crippen LogP contribution in [0.4, 0.5) is 5.82 Å². The van der Waals surface area contributed by atoms with Crippen LogP contribution >= 0.6 is 0 Å². The van der Waals surface area contributed by atoms with Crippen LogP contribution in [0.25, 0.3) is 5.82 Å². The summed E-state index contributed by atoms with van der Waals surface area (Å²) in [6.07, 6.45) is 7.61. The van der Waals surface area contributed by atoms with Crippen molar-refractivity contribution < 1.29 is 0 Å². The van der Waals surface area contributed by atoms with Gasteiger partial charge in [-0.3, -0.25) is 4.98 Å². The maximum absolute atomic E-state index is 5.28. The predicted molar refractivity (Wildman–Crippen MR) is 58.9 cm³/mol. The van der Waals surface area contributed by atoms with Crippen LogP contribution in [0.3, 0.4) is 0 Å². The molecule has 0 atom stereocenters. The molecule has 1 fully saturated rings. The van der Waals surface area contributed by atoms with Crippen molar-refractivity contribution in [2.75, 3.05) is 5.43 Å². The number of nitrogens with two attached hydrogens (primary N) is 1. The molecule has 0 unspecified atom stereocenters. The first kappa shape index (κ1) is 9.29. The summed E-state index contributed by atoms with van der Waals surface area (Å²) in [6, 6.07) is 2.03. The molecule has 2 heterocycles. The second-order valence-corrected chi connectivity index (χ2v) is 3.87. The third-order valence-corrected chi connectivity index (χ3v) is 2.61. The van der Waals surface area contributed by atoms with Gasteiger partial charge in [0.1, 0.15) is 0 Å². The molecule has 1 aliphatic rings. The third kappa shape index (κ3) is 1.63. The lowest BCUT2D eigenvalue weighted by molar-refractivity contribution is 0.807. The van der Waals surface area contributed by atoms with E-state index in [1.54, 1.807) is 17.1 Å². The van der Waals surface area contributed by atoms with Crippen LogP contribution in [0.15, 0.2) is 24.7 Å². The molecule has 2 aromatic heterocycles. The van der Waals surface area contributed by atoms with Crippen molar-refractivity contribution >= 4 is 5.82 Å². The summed E-state index contributed by atoms with van der Waals surface area (Å²) in [5.74, 6) is 7.12. The van der Waals surface area contributed by atoms with E-state index in [9.17, 15) is 0 Å². The molecule has 1 saturated carbocycles. The Balaban J connectivity index is 1.93. The minimum atomic E-state index is 0.529. The quantitative estimate of drug-likeness (QED) is 0.586.